The summed E-state index contributed by atoms with van der Waals surface area (Å²) in [4.78, 5) is 0. The van der Waals surface area contributed by atoms with Crippen LogP contribution in [0, 0.1) is 22.7 Å². The minimum atomic E-state index is 0.558. The molecule has 4 heteroatoms. The van der Waals surface area contributed by atoms with Crippen LogP contribution in [0.2, 0.25) is 0 Å². The fourth-order valence-corrected chi connectivity index (χ4v) is 4.65. The van der Waals surface area contributed by atoms with E-state index in [1.54, 1.807) is 6.07 Å². The van der Waals surface area contributed by atoms with Gasteiger partial charge in [-0.1, -0.05) is 60.7 Å². The van der Waals surface area contributed by atoms with Gasteiger partial charge in [-0.05, 0) is 45.8 Å². The van der Waals surface area contributed by atoms with Crippen LogP contribution >= 0.6 is 15.9 Å². The first-order valence-corrected chi connectivity index (χ1v) is 10.2. The fraction of sp³-hybridized carbons (Fsp3) is 0. The van der Waals surface area contributed by atoms with E-state index in [0.717, 1.165) is 43.1 Å². The Morgan fingerprint density at radius 2 is 1.13 bits per heavy atom. The number of rotatable bonds is 2. The summed E-state index contributed by atoms with van der Waals surface area (Å²) in [5.41, 5.74) is 5.79. The van der Waals surface area contributed by atoms with Crippen LogP contribution in [0.4, 0.5) is 0 Å². The number of hydrogen-bond acceptors (Lipinski definition) is 2. The molecule has 5 rings (SSSR count). The number of benzene rings is 4. The van der Waals surface area contributed by atoms with E-state index in [2.05, 4.69) is 56.9 Å². The standard InChI is InChI=1S/C26H14BrN3/c27-25-17(15-28)7-5-11-21(25)22-12-6-8-18(16-29)26(22)30-23-13-3-1-9-19(23)20-10-2-4-14-24(20)30/h1-14H. The molecule has 0 bridgehead atoms. The Kier molecular flexibility index (Phi) is 4.36. The van der Waals surface area contributed by atoms with Gasteiger partial charge in [0.2, 0.25) is 0 Å². The van der Waals surface area contributed by atoms with E-state index in [1.807, 2.05) is 54.6 Å². The molecule has 1 aromatic heterocycles. The van der Waals surface area contributed by atoms with Crippen molar-refractivity contribution in [2.75, 3.05) is 0 Å². The quantitative estimate of drug-likeness (QED) is 0.293. The van der Waals surface area contributed by atoms with Crippen LogP contribution in [0.1, 0.15) is 11.1 Å². The largest absolute Gasteiger partial charge is 0.307 e. The van der Waals surface area contributed by atoms with Gasteiger partial charge in [-0.2, -0.15) is 10.5 Å². The van der Waals surface area contributed by atoms with Crippen molar-refractivity contribution < 1.29 is 0 Å². The summed E-state index contributed by atoms with van der Waals surface area (Å²) in [5.74, 6) is 0. The van der Waals surface area contributed by atoms with Crippen LogP contribution in [-0.4, -0.2) is 4.57 Å². The number of nitriles is 2. The molecule has 3 nitrogen and oxygen atoms in total. The predicted octanol–water partition coefficient (Wildman–Crippen LogP) is 6.96. The predicted molar refractivity (Wildman–Crippen MR) is 123 cm³/mol. The van der Waals surface area contributed by atoms with E-state index in [-0.39, 0.29) is 0 Å². The third kappa shape index (κ3) is 2.63. The van der Waals surface area contributed by atoms with Crippen LogP contribution in [-0.2, 0) is 0 Å². The van der Waals surface area contributed by atoms with Crippen molar-refractivity contribution in [3.8, 4) is 29.0 Å². The summed E-state index contributed by atoms with van der Waals surface area (Å²) in [6.07, 6.45) is 0. The van der Waals surface area contributed by atoms with Crippen LogP contribution in [0.5, 0.6) is 0 Å². The van der Waals surface area contributed by atoms with Crippen molar-refractivity contribution in [3.63, 3.8) is 0 Å². The number of nitrogens with zero attached hydrogens (tertiary/aromatic N) is 3. The molecule has 1 heterocycles. The Morgan fingerprint density at radius 1 is 0.600 bits per heavy atom. The summed E-state index contributed by atoms with van der Waals surface area (Å²) in [6.45, 7) is 0. The van der Waals surface area contributed by atoms with Crippen LogP contribution in [0.25, 0.3) is 38.6 Å². The second-order valence-electron chi connectivity index (χ2n) is 6.96. The van der Waals surface area contributed by atoms with Crippen LogP contribution in [0.15, 0.2) is 89.4 Å². The van der Waals surface area contributed by atoms with E-state index in [9.17, 15) is 10.5 Å². The van der Waals surface area contributed by atoms with Gasteiger partial charge < -0.3 is 4.57 Å². The minimum absolute atomic E-state index is 0.558. The highest BCUT2D eigenvalue weighted by molar-refractivity contribution is 9.10. The third-order valence-corrected chi connectivity index (χ3v) is 6.22. The van der Waals surface area contributed by atoms with E-state index in [4.69, 9.17) is 0 Å². The van der Waals surface area contributed by atoms with Gasteiger partial charge in [-0.25, -0.2) is 0 Å². The molecule has 0 radical (unpaired) electrons. The average Bonchev–Trinajstić information content (AvgIpc) is 3.13. The molecule has 0 aliphatic rings. The zero-order valence-corrected chi connectivity index (χ0v) is 17.4. The number of fused-ring (bicyclic) bond motifs is 3. The smallest absolute Gasteiger partial charge is 0.101 e. The lowest BCUT2D eigenvalue weighted by molar-refractivity contribution is 1.17. The number of para-hydroxylation sites is 3. The van der Waals surface area contributed by atoms with Crippen molar-refractivity contribution in [1.82, 2.24) is 4.57 Å². The van der Waals surface area contributed by atoms with E-state index >= 15 is 0 Å². The van der Waals surface area contributed by atoms with Crippen molar-refractivity contribution in [3.05, 3.63) is 101 Å². The molecule has 0 unspecified atom stereocenters. The normalized spacial score (nSPS) is 10.8. The van der Waals surface area contributed by atoms with Crippen molar-refractivity contribution in [2.45, 2.75) is 0 Å². The van der Waals surface area contributed by atoms with Gasteiger partial charge in [0, 0.05) is 20.8 Å². The van der Waals surface area contributed by atoms with E-state index in [1.165, 1.54) is 0 Å². The molecule has 0 fully saturated rings. The van der Waals surface area contributed by atoms with Gasteiger partial charge in [-0.3, -0.25) is 0 Å². The molecule has 140 valence electrons. The molecule has 0 amide bonds. The van der Waals surface area contributed by atoms with Crippen molar-refractivity contribution >= 4 is 37.7 Å². The van der Waals surface area contributed by atoms with Crippen LogP contribution in [0.3, 0.4) is 0 Å². The zero-order chi connectivity index (χ0) is 20.7. The molecular formula is C26H14BrN3. The molecule has 0 saturated carbocycles. The summed E-state index contributed by atoms with van der Waals surface area (Å²) >= 11 is 3.61. The average molecular weight is 448 g/mol. The van der Waals surface area contributed by atoms with Crippen LogP contribution < -0.4 is 0 Å². The Balaban J connectivity index is 1.97. The van der Waals surface area contributed by atoms with Gasteiger partial charge in [0.15, 0.2) is 0 Å². The molecule has 0 atom stereocenters. The molecule has 30 heavy (non-hydrogen) atoms. The highest BCUT2D eigenvalue weighted by Crippen LogP contribution is 2.40. The Bertz CT molecular complexity index is 1480. The van der Waals surface area contributed by atoms with Gasteiger partial charge in [0.05, 0.1) is 27.8 Å². The zero-order valence-electron chi connectivity index (χ0n) is 15.8. The van der Waals surface area contributed by atoms with Gasteiger partial charge in [-0.15, -0.1) is 0 Å². The van der Waals surface area contributed by atoms with E-state index < -0.39 is 0 Å². The lowest BCUT2D eigenvalue weighted by atomic mass is 9.98. The first-order chi connectivity index (χ1) is 14.7. The Morgan fingerprint density at radius 3 is 1.73 bits per heavy atom. The van der Waals surface area contributed by atoms with Gasteiger partial charge in [0.1, 0.15) is 12.1 Å². The monoisotopic (exact) mass is 447 g/mol. The molecule has 0 N–H and O–H groups in total. The summed E-state index contributed by atoms with van der Waals surface area (Å²) < 4.78 is 2.88. The number of halogens is 1. The first kappa shape index (κ1) is 18.2. The van der Waals surface area contributed by atoms with Gasteiger partial charge >= 0.3 is 0 Å². The maximum absolute atomic E-state index is 9.98. The third-order valence-electron chi connectivity index (χ3n) is 5.37. The molecule has 0 saturated heterocycles. The maximum Gasteiger partial charge on any atom is 0.101 e. The lowest BCUT2D eigenvalue weighted by Crippen LogP contribution is -2.01. The highest BCUT2D eigenvalue weighted by Gasteiger charge is 2.20. The second kappa shape index (κ2) is 7.19. The highest BCUT2D eigenvalue weighted by atomic mass is 79.9. The molecule has 0 aliphatic heterocycles. The maximum atomic E-state index is 9.98. The topological polar surface area (TPSA) is 52.5 Å². The first-order valence-electron chi connectivity index (χ1n) is 9.45. The fourth-order valence-electron chi connectivity index (χ4n) is 4.08. The number of aromatic nitrogens is 1. The summed E-state index contributed by atoms with van der Waals surface area (Å²) in [7, 11) is 0. The molecule has 0 spiro atoms. The lowest BCUT2D eigenvalue weighted by Gasteiger charge is -2.17. The Hall–Kier alpha value is -3.86. The van der Waals surface area contributed by atoms with Gasteiger partial charge in [0.25, 0.3) is 0 Å². The Labute approximate surface area is 182 Å². The SMILES string of the molecule is N#Cc1cccc(-c2cccc(C#N)c2-n2c3ccccc3c3ccccc32)c1Br. The number of hydrogen-bond donors (Lipinski definition) is 0. The van der Waals surface area contributed by atoms with E-state index in [0.29, 0.717) is 11.1 Å². The van der Waals surface area contributed by atoms with Crippen molar-refractivity contribution in [1.29, 1.82) is 10.5 Å². The molecule has 4 aromatic carbocycles. The molecule has 0 aliphatic carbocycles. The minimum Gasteiger partial charge on any atom is -0.307 e. The molecule has 5 aromatic rings. The summed E-state index contributed by atoms with van der Waals surface area (Å²) in [6, 6.07) is 32.4. The molecular weight excluding hydrogens is 434 g/mol. The second-order valence-corrected chi connectivity index (χ2v) is 7.76. The van der Waals surface area contributed by atoms with Crippen molar-refractivity contribution in [2.24, 2.45) is 0 Å². The summed E-state index contributed by atoms with van der Waals surface area (Å²) in [5, 5.41) is 21.7.